The average Bonchev–Trinajstić information content (AvgIpc) is 3.64. The first-order valence-corrected chi connectivity index (χ1v) is 14.0. The highest BCUT2D eigenvalue weighted by molar-refractivity contribution is 7.22. The summed E-state index contributed by atoms with van der Waals surface area (Å²) in [6.07, 6.45) is 0.696. The lowest BCUT2D eigenvalue weighted by Crippen LogP contribution is -2.29. The van der Waals surface area contributed by atoms with Gasteiger partial charge >= 0.3 is 5.91 Å². The number of hydrogen-bond donors (Lipinski definition) is 1. The number of rotatable bonds is 7. The molecular formula is C31H28N2O7S. The smallest absolute Gasteiger partial charge is 0.301 e. The molecular weight excluding hydrogens is 544 g/mol. The summed E-state index contributed by atoms with van der Waals surface area (Å²) in [4.78, 5) is 33.4. The summed E-state index contributed by atoms with van der Waals surface area (Å²) in [6, 6.07) is 14.9. The Bertz CT molecular complexity index is 1730. The number of hydrogen-bond acceptors (Lipinski definition) is 9. The lowest BCUT2D eigenvalue weighted by atomic mass is 9.94. The molecule has 0 bridgehead atoms. The Balaban J connectivity index is 1.53. The molecule has 2 aliphatic rings. The third kappa shape index (κ3) is 4.54. The second-order valence-corrected chi connectivity index (χ2v) is 10.8. The van der Waals surface area contributed by atoms with Crippen molar-refractivity contribution in [2.24, 2.45) is 0 Å². The van der Waals surface area contributed by atoms with Crippen molar-refractivity contribution >= 4 is 44.1 Å². The molecule has 0 saturated carbocycles. The second-order valence-electron chi connectivity index (χ2n) is 9.80. The first-order chi connectivity index (χ1) is 19.8. The molecule has 3 aromatic carbocycles. The van der Waals surface area contributed by atoms with Gasteiger partial charge in [-0.3, -0.25) is 14.5 Å². The van der Waals surface area contributed by atoms with Crippen LogP contribution in [0.25, 0.3) is 16.0 Å². The fourth-order valence-electron chi connectivity index (χ4n) is 5.35. The molecule has 1 N–H and O–H groups in total. The van der Waals surface area contributed by atoms with E-state index < -0.39 is 17.7 Å². The van der Waals surface area contributed by atoms with Gasteiger partial charge in [0.15, 0.2) is 16.6 Å². The Morgan fingerprint density at radius 3 is 2.63 bits per heavy atom. The minimum atomic E-state index is -0.967. The molecule has 0 spiro atoms. The number of anilines is 1. The zero-order valence-corrected chi connectivity index (χ0v) is 23.8. The topological polar surface area (TPSA) is 107 Å². The molecule has 0 radical (unpaired) electrons. The van der Waals surface area contributed by atoms with Gasteiger partial charge < -0.3 is 24.1 Å². The van der Waals surface area contributed by atoms with Crippen LogP contribution in [0.3, 0.4) is 0 Å². The third-order valence-corrected chi connectivity index (χ3v) is 8.22. The summed E-state index contributed by atoms with van der Waals surface area (Å²) >= 11 is 1.27. The number of thiazole rings is 1. The second kappa shape index (κ2) is 10.4. The predicted molar refractivity (Wildman–Crippen MR) is 155 cm³/mol. The van der Waals surface area contributed by atoms with Crippen LogP contribution in [0.4, 0.5) is 5.13 Å². The third-order valence-electron chi connectivity index (χ3n) is 7.20. The Labute approximate surface area is 240 Å². The maximum absolute atomic E-state index is 13.7. The lowest BCUT2D eigenvalue weighted by molar-refractivity contribution is -0.132. The summed E-state index contributed by atoms with van der Waals surface area (Å²) < 4.78 is 23.2. The number of ether oxygens (including phenoxy) is 4. The number of ketones is 1. The molecule has 2 unspecified atom stereocenters. The number of carbonyl (C=O) groups is 2. The summed E-state index contributed by atoms with van der Waals surface area (Å²) in [5, 5.41) is 11.9. The minimum Gasteiger partial charge on any atom is -0.507 e. The van der Waals surface area contributed by atoms with Crippen LogP contribution in [0.1, 0.15) is 36.6 Å². The first kappa shape index (κ1) is 26.6. The minimum absolute atomic E-state index is 0.0158. The molecule has 10 heteroatoms. The van der Waals surface area contributed by atoms with Gasteiger partial charge in [-0.1, -0.05) is 17.4 Å². The number of fused-ring (bicyclic) bond motifs is 2. The Morgan fingerprint density at radius 2 is 1.88 bits per heavy atom. The molecule has 1 aromatic heterocycles. The van der Waals surface area contributed by atoms with Gasteiger partial charge in [-0.15, -0.1) is 0 Å². The number of aromatic nitrogens is 1. The molecule has 4 aromatic rings. The summed E-state index contributed by atoms with van der Waals surface area (Å²) in [5.74, 6) is 0.479. The molecule has 2 aliphatic heterocycles. The van der Waals surface area contributed by atoms with E-state index in [-0.39, 0.29) is 17.4 Å². The van der Waals surface area contributed by atoms with Crippen LogP contribution in [0.5, 0.6) is 23.0 Å². The fraction of sp³-hybridized carbons (Fsp3) is 0.258. The Hall–Kier alpha value is -4.57. The molecule has 0 aliphatic carbocycles. The number of amides is 1. The van der Waals surface area contributed by atoms with Crippen molar-refractivity contribution in [2.75, 3.05) is 25.7 Å². The van der Waals surface area contributed by atoms with Gasteiger partial charge in [0.1, 0.15) is 23.4 Å². The standard InChI is InChI=1S/C31H28N2O7S/c1-5-39-20-8-9-21-25(15-20)41-31(32-21)33-27(17-6-11-23(37-3)24(14-17)38-4)26(29(35)30(33)36)28(34)18-7-10-22-19(13-18)12-16(2)40-22/h6-11,13-16,27,34H,5,12H2,1-4H3/b28-26+. The van der Waals surface area contributed by atoms with Crippen LogP contribution in [-0.2, 0) is 16.0 Å². The maximum Gasteiger partial charge on any atom is 0.301 e. The number of aliphatic hydroxyl groups excluding tert-OH is 1. The van der Waals surface area contributed by atoms with E-state index in [1.165, 1.54) is 30.5 Å². The van der Waals surface area contributed by atoms with Crippen molar-refractivity contribution in [3.8, 4) is 23.0 Å². The molecule has 2 atom stereocenters. The van der Waals surface area contributed by atoms with Crippen molar-refractivity contribution in [3.05, 3.63) is 76.9 Å². The van der Waals surface area contributed by atoms with Gasteiger partial charge in [0.05, 0.1) is 42.7 Å². The zero-order chi connectivity index (χ0) is 28.8. The van der Waals surface area contributed by atoms with Gasteiger partial charge in [0, 0.05) is 12.0 Å². The van der Waals surface area contributed by atoms with Gasteiger partial charge in [-0.2, -0.15) is 0 Å². The molecule has 9 nitrogen and oxygen atoms in total. The van der Waals surface area contributed by atoms with E-state index in [0.29, 0.717) is 52.1 Å². The van der Waals surface area contributed by atoms with Crippen molar-refractivity contribution in [2.45, 2.75) is 32.4 Å². The van der Waals surface area contributed by atoms with Crippen LogP contribution >= 0.6 is 11.3 Å². The summed E-state index contributed by atoms with van der Waals surface area (Å²) in [7, 11) is 3.04. The van der Waals surface area contributed by atoms with E-state index in [4.69, 9.17) is 23.9 Å². The molecule has 1 saturated heterocycles. The number of Topliss-reactive ketones (excluding diaryl/α,β-unsaturated/α-hetero) is 1. The van der Waals surface area contributed by atoms with E-state index in [9.17, 15) is 14.7 Å². The maximum atomic E-state index is 13.7. The predicted octanol–water partition coefficient (Wildman–Crippen LogP) is 5.66. The Morgan fingerprint density at radius 1 is 1.07 bits per heavy atom. The Kier molecular flexibility index (Phi) is 6.78. The van der Waals surface area contributed by atoms with Crippen molar-refractivity contribution in [1.82, 2.24) is 4.98 Å². The fourth-order valence-corrected chi connectivity index (χ4v) is 6.37. The lowest BCUT2D eigenvalue weighted by Gasteiger charge is -2.23. The van der Waals surface area contributed by atoms with E-state index in [0.717, 1.165) is 16.0 Å². The highest BCUT2D eigenvalue weighted by Crippen LogP contribution is 2.46. The van der Waals surface area contributed by atoms with Gasteiger partial charge in [-0.25, -0.2) is 4.98 Å². The van der Waals surface area contributed by atoms with Crippen LogP contribution in [0.2, 0.25) is 0 Å². The molecule has 210 valence electrons. The number of methoxy groups -OCH3 is 2. The summed E-state index contributed by atoms with van der Waals surface area (Å²) in [6.45, 7) is 4.38. The average molecular weight is 573 g/mol. The van der Waals surface area contributed by atoms with Crippen LogP contribution in [-0.4, -0.2) is 48.7 Å². The number of benzene rings is 3. The molecule has 6 rings (SSSR count). The van der Waals surface area contributed by atoms with Gasteiger partial charge in [-0.05, 0) is 73.5 Å². The molecule has 3 heterocycles. The quantitative estimate of drug-likeness (QED) is 0.172. The van der Waals surface area contributed by atoms with Gasteiger partial charge in [0.2, 0.25) is 0 Å². The molecule has 1 amide bonds. The number of aliphatic hydroxyl groups is 1. The summed E-state index contributed by atoms with van der Waals surface area (Å²) in [5.41, 5.74) is 2.53. The first-order valence-electron chi connectivity index (χ1n) is 13.2. The van der Waals surface area contributed by atoms with E-state index >= 15 is 0 Å². The number of nitrogens with zero attached hydrogens (tertiary/aromatic N) is 2. The SMILES string of the molecule is CCOc1ccc2nc(N3C(=O)C(=O)/C(=C(/O)c4ccc5c(c4)CC(C)O5)C3c3ccc(OC)c(OC)c3)sc2c1. The van der Waals surface area contributed by atoms with Crippen LogP contribution in [0, 0.1) is 0 Å². The largest absolute Gasteiger partial charge is 0.507 e. The van der Waals surface area contributed by atoms with Crippen LogP contribution < -0.4 is 23.8 Å². The van der Waals surface area contributed by atoms with Crippen molar-refractivity contribution in [1.29, 1.82) is 0 Å². The van der Waals surface area contributed by atoms with Crippen molar-refractivity contribution < 1.29 is 33.6 Å². The van der Waals surface area contributed by atoms with Gasteiger partial charge in [0.25, 0.3) is 5.78 Å². The molecule has 1 fully saturated rings. The van der Waals surface area contributed by atoms with E-state index in [2.05, 4.69) is 0 Å². The van der Waals surface area contributed by atoms with E-state index in [1.807, 2.05) is 32.0 Å². The normalized spacial score (nSPS) is 19.4. The van der Waals surface area contributed by atoms with Crippen molar-refractivity contribution in [3.63, 3.8) is 0 Å². The highest BCUT2D eigenvalue weighted by Gasteiger charge is 2.48. The number of carbonyl (C=O) groups excluding carboxylic acids is 2. The zero-order valence-electron chi connectivity index (χ0n) is 23.0. The highest BCUT2D eigenvalue weighted by atomic mass is 32.1. The molecule has 41 heavy (non-hydrogen) atoms. The monoisotopic (exact) mass is 572 g/mol. The van der Waals surface area contributed by atoms with Crippen LogP contribution in [0.15, 0.2) is 60.2 Å². The van der Waals surface area contributed by atoms with E-state index in [1.54, 1.807) is 36.4 Å².